The van der Waals surface area contributed by atoms with Gasteiger partial charge >= 0.3 is 0 Å². The van der Waals surface area contributed by atoms with Crippen molar-refractivity contribution in [3.63, 3.8) is 0 Å². The second-order valence-corrected chi connectivity index (χ2v) is 13.3. The van der Waals surface area contributed by atoms with E-state index in [1.807, 2.05) is 23.1 Å². The van der Waals surface area contributed by atoms with E-state index in [9.17, 15) is 9.90 Å². The monoisotopic (exact) mass is 617 g/mol. The van der Waals surface area contributed by atoms with Gasteiger partial charge in [-0.15, -0.1) is 11.3 Å². The summed E-state index contributed by atoms with van der Waals surface area (Å²) in [5.74, 6) is 0.162. The molecule has 6 rings (SSSR count). The number of anilines is 1. The van der Waals surface area contributed by atoms with Gasteiger partial charge in [0.05, 0.1) is 26.0 Å². The number of hydrogen-bond acceptors (Lipinski definition) is 8. The Morgan fingerprint density at radius 2 is 1.66 bits per heavy atom. The molecular weight excluding hydrogens is 570 g/mol. The van der Waals surface area contributed by atoms with E-state index in [0.29, 0.717) is 19.8 Å². The van der Waals surface area contributed by atoms with E-state index in [0.717, 1.165) is 90.4 Å². The minimum atomic E-state index is -0.599. The Bertz CT molecular complexity index is 1310. The number of rotatable bonds is 13. The van der Waals surface area contributed by atoms with Crippen molar-refractivity contribution in [2.24, 2.45) is 0 Å². The largest absolute Gasteiger partial charge is 0.390 e. The quantitative estimate of drug-likeness (QED) is 0.283. The molecule has 0 radical (unpaired) electrons. The molecule has 1 unspecified atom stereocenters. The third-order valence-electron chi connectivity index (χ3n) is 9.51. The predicted octanol–water partition coefficient (Wildman–Crippen LogP) is 3.77. The molecule has 3 aliphatic heterocycles. The topological polar surface area (TPSA) is 71.5 Å². The van der Waals surface area contributed by atoms with Gasteiger partial charge in [0.2, 0.25) is 5.91 Å². The Morgan fingerprint density at radius 3 is 2.43 bits per heavy atom. The second kappa shape index (κ2) is 15.0. The molecule has 4 heterocycles. The van der Waals surface area contributed by atoms with Crippen LogP contribution < -0.4 is 10.2 Å². The predicted molar refractivity (Wildman–Crippen MR) is 178 cm³/mol. The summed E-state index contributed by atoms with van der Waals surface area (Å²) in [6, 6.07) is 23.4. The molecule has 9 heteroatoms. The van der Waals surface area contributed by atoms with Crippen molar-refractivity contribution < 1.29 is 14.6 Å². The molecule has 3 aromatic rings. The van der Waals surface area contributed by atoms with Crippen LogP contribution in [0.5, 0.6) is 0 Å². The van der Waals surface area contributed by atoms with E-state index in [1.165, 1.54) is 16.0 Å². The molecule has 2 N–H and O–H groups in total. The van der Waals surface area contributed by atoms with Crippen molar-refractivity contribution >= 4 is 22.9 Å². The lowest BCUT2D eigenvalue weighted by molar-refractivity contribution is -0.134. The lowest BCUT2D eigenvalue weighted by atomic mass is 9.85. The maximum atomic E-state index is 14.1. The van der Waals surface area contributed by atoms with Gasteiger partial charge in [-0.05, 0) is 73.5 Å². The number of benzene rings is 2. The Kier molecular flexibility index (Phi) is 10.6. The van der Waals surface area contributed by atoms with Crippen LogP contribution in [-0.4, -0.2) is 116 Å². The number of thiophene rings is 1. The van der Waals surface area contributed by atoms with Crippen molar-refractivity contribution in [1.82, 2.24) is 20.0 Å². The number of nitrogens with one attached hydrogen (secondary N) is 1. The zero-order valence-electron chi connectivity index (χ0n) is 25.8. The minimum absolute atomic E-state index is 0.162. The molecule has 1 aromatic heterocycles. The average molecular weight is 618 g/mol. The van der Waals surface area contributed by atoms with Crippen LogP contribution in [0.2, 0.25) is 0 Å². The van der Waals surface area contributed by atoms with E-state index >= 15 is 0 Å². The first-order valence-electron chi connectivity index (χ1n) is 16.3. The molecule has 0 saturated carbocycles. The van der Waals surface area contributed by atoms with E-state index in [1.54, 1.807) is 11.3 Å². The van der Waals surface area contributed by atoms with Crippen molar-refractivity contribution in [3.05, 3.63) is 77.7 Å². The summed E-state index contributed by atoms with van der Waals surface area (Å²) in [4.78, 5) is 24.6. The zero-order chi connectivity index (χ0) is 30.2. The summed E-state index contributed by atoms with van der Waals surface area (Å²) in [7, 11) is 0. The third-order valence-corrected chi connectivity index (χ3v) is 10.4. The van der Waals surface area contributed by atoms with Gasteiger partial charge in [0.25, 0.3) is 0 Å². The third kappa shape index (κ3) is 7.36. The maximum Gasteiger partial charge on any atom is 0.250 e. The first kappa shape index (κ1) is 31.2. The summed E-state index contributed by atoms with van der Waals surface area (Å²) < 4.78 is 5.43. The fraction of sp³-hybridized carbons (Fsp3) is 0.514. The number of ether oxygens (including phenoxy) is 1. The van der Waals surface area contributed by atoms with Crippen LogP contribution in [0.15, 0.2) is 72.1 Å². The lowest BCUT2D eigenvalue weighted by Crippen LogP contribution is -2.56. The van der Waals surface area contributed by atoms with Gasteiger partial charge in [-0.1, -0.05) is 48.5 Å². The minimum Gasteiger partial charge on any atom is -0.390 e. The summed E-state index contributed by atoms with van der Waals surface area (Å²) in [5, 5.41) is 16.5. The highest BCUT2D eigenvalue weighted by molar-refractivity contribution is 7.13. The molecule has 1 atom stereocenters. The van der Waals surface area contributed by atoms with Gasteiger partial charge in [-0.3, -0.25) is 9.69 Å². The first-order chi connectivity index (χ1) is 21.6. The highest BCUT2D eigenvalue weighted by Crippen LogP contribution is 2.39. The SMILES string of the molecule is O=C1N(CC(O)CNCCCN2CCOCC2)CN(c2ccccc2)C12CCN(CCc1ccccc1-c1cccs1)CC2. The standard InChI is InChI=1S/C35H47N5O3S/c41-31(26-36-16-7-17-37-21-23-43-24-22-37)27-39-28-40(30-9-2-1-3-10-30)35(34(39)42)14-19-38(20-15-35)18-13-29-8-4-5-11-32(29)33-12-6-25-44-33/h1-6,8-12,25,31,36,41H,7,13-24,26-28H2. The summed E-state index contributed by atoms with van der Waals surface area (Å²) in [6.07, 6.45) is 3.02. The van der Waals surface area contributed by atoms with E-state index in [2.05, 4.69) is 73.9 Å². The Hall–Kier alpha value is -2.79. The maximum absolute atomic E-state index is 14.1. The number of piperidine rings is 1. The molecule has 44 heavy (non-hydrogen) atoms. The number of morpholine rings is 1. The van der Waals surface area contributed by atoms with E-state index < -0.39 is 11.6 Å². The van der Waals surface area contributed by atoms with Crippen LogP contribution in [0, 0.1) is 0 Å². The number of amides is 1. The van der Waals surface area contributed by atoms with Gasteiger partial charge in [-0.2, -0.15) is 0 Å². The number of β-amino-alcohol motifs (C(OH)–C–C–N with tert-alkyl or cyclic N) is 1. The Labute approximate surface area is 266 Å². The summed E-state index contributed by atoms with van der Waals surface area (Å²) >= 11 is 1.79. The van der Waals surface area contributed by atoms with Gasteiger partial charge in [0.1, 0.15) is 5.54 Å². The zero-order valence-corrected chi connectivity index (χ0v) is 26.6. The molecule has 236 valence electrons. The fourth-order valence-corrected chi connectivity index (χ4v) is 7.80. The molecule has 0 aliphatic carbocycles. The van der Waals surface area contributed by atoms with Crippen LogP contribution >= 0.6 is 11.3 Å². The number of aliphatic hydroxyl groups excluding tert-OH is 1. The molecule has 3 fully saturated rings. The number of hydrogen-bond donors (Lipinski definition) is 2. The van der Waals surface area contributed by atoms with Gasteiger partial charge in [0.15, 0.2) is 0 Å². The van der Waals surface area contributed by atoms with Crippen molar-refractivity contribution in [1.29, 1.82) is 0 Å². The first-order valence-corrected chi connectivity index (χ1v) is 17.2. The molecule has 3 aliphatic rings. The second-order valence-electron chi connectivity index (χ2n) is 12.4. The number of nitrogens with zero attached hydrogens (tertiary/aromatic N) is 4. The van der Waals surface area contributed by atoms with Crippen LogP contribution in [0.4, 0.5) is 5.69 Å². The average Bonchev–Trinajstić information content (AvgIpc) is 3.69. The van der Waals surface area contributed by atoms with Crippen molar-refractivity contribution in [3.8, 4) is 10.4 Å². The lowest BCUT2D eigenvalue weighted by Gasteiger charge is -2.43. The number of para-hydroxylation sites is 1. The number of carbonyl (C=O) groups excluding carboxylic acids is 1. The molecule has 8 nitrogen and oxygen atoms in total. The number of aliphatic hydroxyl groups is 1. The van der Waals surface area contributed by atoms with Crippen LogP contribution in [0.3, 0.4) is 0 Å². The Morgan fingerprint density at radius 1 is 0.909 bits per heavy atom. The highest BCUT2D eigenvalue weighted by atomic mass is 32.1. The molecule has 1 spiro atoms. The molecular formula is C35H47N5O3S. The normalized spacial score (nSPS) is 20.1. The number of likely N-dealkylation sites (tertiary alicyclic amines) is 1. The fourth-order valence-electron chi connectivity index (χ4n) is 7.02. The van der Waals surface area contributed by atoms with Crippen LogP contribution in [0.1, 0.15) is 24.8 Å². The summed E-state index contributed by atoms with van der Waals surface area (Å²) in [5.41, 5.74) is 3.24. The molecule has 3 saturated heterocycles. The molecule has 0 bridgehead atoms. The highest BCUT2D eigenvalue weighted by Gasteiger charge is 2.53. The van der Waals surface area contributed by atoms with E-state index in [-0.39, 0.29) is 5.91 Å². The van der Waals surface area contributed by atoms with Crippen molar-refractivity contribution in [2.75, 3.05) is 83.7 Å². The van der Waals surface area contributed by atoms with Crippen molar-refractivity contribution in [2.45, 2.75) is 37.3 Å². The molecule has 1 amide bonds. The van der Waals surface area contributed by atoms with Gasteiger partial charge in [-0.25, -0.2) is 0 Å². The van der Waals surface area contributed by atoms with Gasteiger partial charge < -0.3 is 29.9 Å². The van der Waals surface area contributed by atoms with Crippen LogP contribution in [-0.2, 0) is 16.0 Å². The molecule has 2 aromatic carbocycles. The smallest absolute Gasteiger partial charge is 0.250 e. The van der Waals surface area contributed by atoms with E-state index in [4.69, 9.17) is 4.74 Å². The Balaban J connectivity index is 1.03. The summed E-state index contributed by atoms with van der Waals surface area (Å²) in [6.45, 7) is 9.66. The van der Waals surface area contributed by atoms with Gasteiger partial charge in [0, 0.05) is 56.4 Å². The van der Waals surface area contributed by atoms with Crippen LogP contribution in [0.25, 0.3) is 10.4 Å². The number of carbonyl (C=O) groups is 1.